The van der Waals surface area contributed by atoms with Gasteiger partial charge in [0.15, 0.2) is 24.4 Å². The summed E-state index contributed by atoms with van der Waals surface area (Å²) >= 11 is 0. The zero-order valence-electron chi connectivity index (χ0n) is 27.4. The van der Waals surface area contributed by atoms with Gasteiger partial charge in [-0.3, -0.25) is 28.8 Å². The van der Waals surface area contributed by atoms with Gasteiger partial charge in [-0.05, 0) is 0 Å². The summed E-state index contributed by atoms with van der Waals surface area (Å²) in [5.41, 5.74) is -2.32. The van der Waals surface area contributed by atoms with E-state index in [-0.39, 0.29) is 13.2 Å². The molecule has 4 atom stereocenters. The third-order valence-corrected chi connectivity index (χ3v) is 6.03. The number of hydrogen-bond donors (Lipinski definition) is 6. The number of hydrogen-bond acceptors (Lipinski definition) is 19. The summed E-state index contributed by atoms with van der Waals surface area (Å²) in [5.74, 6) is -4.84. The van der Waals surface area contributed by atoms with Crippen LogP contribution in [-0.2, 0) is 61.9 Å². The van der Waals surface area contributed by atoms with Crippen LogP contribution in [0.4, 0.5) is 0 Å². The van der Waals surface area contributed by atoms with Gasteiger partial charge in [-0.15, -0.1) is 0 Å². The molecule has 0 bridgehead atoms. The van der Waals surface area contributed by atoms with E-state index in [9.17, 15) is 28.8 Å². The van der Waals surface area contributed by atoms with E-state index in [4.69, 9.17) is 63.8 Å². The number of aliphatic hydroxyl groups excluding tert-OH is 6. The largest absolute Gasteiger partial charge is 0.462 e. The molecule has 0 aromatic heterocycles. The van der Waals surface area contributed by atoms with E-state index in [0.717, 1.165) is 41.5 Å². The highest BCUT2D eigenvalue weighted by atomic mass is 16.6. The van der Waals surface area contributed by atoms with E-state index < -0.39 is 124 Å². The van der Waals surface area contributed by atoms with Crippen LogP contribution in [0.1, 0.15) is 41.5 Å². The molecule has 0 aliphatic carbocycles. The average Bonchev–Trinajstić information content (AvgIpc) is 2.99. The molecule has 19 heteroatoms. The highest BCUT2D eigenvalue weighted by Crippen LogP contribution is 2.21. The van der Waals surface area contributed by atoms with Crippen molar-refractivity contribution in [3.8, 4) is 0 Å². The summed E-state index contributed by atoms with van der Waals surface area (Å²) in [5, 5.41) is 54.2. The second kappa shape index (κ2) is 23.8. The van der Waals surface area contributed by atoms with Crippen molar-refractivity contribution in [3.05, 3.63) is 0 Å². The first-order valence-corrected chi connectivity index (χ1v) is 14.1. The van der Waals surface area contributed by atoms with Crippen molar-refractivity contribution < 1.29 is 92.6 Å². The lowest BCUT2D eigenvalue weighted by Gasteiger charge is -2.35. The summed E-state index contributed by atoms with van der Waals surface area (Å²) in [6.45, 7) is 2.21. The number of carbonyl (C=O) groups excluding carboxylic acids is 6. The predicted octanol–water partition coefficient (Wildman–Crippen LogP) is -3.23. The van der Waals surface area contributed by atoms with Crippen LogP contribution < -0.4 is 0 Å². The number of carbonyl (C=O) groups is 6. The molecular formula is C28H48O19. The minimum atomic E-state index is -1.57. The summed E-state index contributed by atoms with van der Waals surface area (Å²) in [7, 11) is 0. The SMILES string of the molecule is CC(=O)OCC(OC(C)=O)C(OC(C)=O)C(OC(C)=O)C(COC(C)=O)OC(C)=O.OCC(CO)(CO)COCC(CO)(CO)CO. The predicted molar refractivity (Wildman–Crippen MR) is 154 cm³/mol. The van der Waals surface area contributed by atoms with Gasteiger partial charge in [0.05, 0.1) is 63.7 Å². The van der Waals surface area contributed by atoms with Crippen LogP contribution in [-0.4, -0.2) is 157 Å². The molecule has 0 spiro atoms. The topological polar surface area (TPSA) is 288 Å². The summed E-state index contributed by atoms with van der Waals surface area (Å²) < 4.78 is 35.3. The Labute approximate surface area is 271 Å². The Morgan fingerprint density at radius 2 is 0.702 bits per heavy atom. The van der Waals surface area contributed by atoms with Crippen LogP contribution in [0.25, 0.3) is 0 Å². The third kappa shape index (κ3) is 19.1. The fraction of sp³-hybridized carbons (Fsp3) is 0.786. The van der Waals surface area contributed by atoms with Crippen LogP contribution >= 0.6 is 0 Å². The molecule has 0 saturated heterocycles. The zero-order chi connectivity index (χ0) is 36.8. The third-order valence-electron chi connectivity index (χ3n) is 6.03. The Morgan fingerprint density at radius 3 is 0.894 bits per heavy atom. The van der Waals surface area contributed by atoms with E-state index in [1.54, 1.807) is 0 Å². The number of aliphatic hydroxyl groups is 6. The van der Waals surface area contributed by atoms with Crippen molar-refractivity contribution in [2.45, 2.75) is 66.0 Å². The number of ether oxygens (including phenoxy) is 7. The molecule has 0 radical (unpaired) electrons. The van der Waals surface area contributed by atoms with Gasteiger partial charge in [0.25, 0.3) is 0 Å². The fourth-order valence-corrected chi connectivity index (χ4v) is 3.37. The monoisotopic (exact) mass is 688 g/mol. The molecular weight excluding hydrogens is 640 g/mol. The first-order chi connectivity index (χ1) is 21.9. The molecule has 0 aromatic carbocycles. The molecule has 0 amide bonds. The molecule has 0 aliphatic heterocycles. The van der Waals surface area contributed by atoms with Crippen molar-refractivity contribution in [2.24, 2.45) is 10.8 Å². The van der Waals surface area contributed by atoms with Crippen molar-refractivity contribution in [1.29, 1.82) is 0 Å². The Kier molecular flexibility index (Phi) is 23.1. The number of esters is 6. The molecule has 47 heavy (non-hydrogen) atoms. The number of rotatable bonds is 21. The van der Waals surface area contributed by atoms with Crippen LogP contribution in [0.15, 0.2) is 0 Å². The van der Waals surface area contributed by atoms with E-state index >= 15 is 0 Å². The Hall–Kier alpha value is -3.46. The summed E-state index contributed by atoms with van der Waals surface area (Å²) in [6, 6.07) is 0. The minimum Gasteiger partial charge on any atom is -0.462 e. The lowest BCUT2D eigenvalue weighted by Crippen LogP contribution is -2.54. The van der Waals surface area contributed by atoms with E-state index in [2.05, 4.69) is 0 Å². The van der Waals surface area contributed by atoms with E-state index in [0.29, 0.717) is 0 Å². The molecule has 4 unspecified atom stereocenters. The van der Waals surface area contributed by atoms with Crippen LogP contribution in [0, 0.1) is 10.8 Å². The van der Waals surface area contributed by atoms with Gasteiger partial charge in [-0.25, -0.2) is 0 Å². The summed E-state index contributed by atoms with van der Waals surface area (Å²) in [6.07, 6.45) is -6.02. The van der Waals surface area contributed by atoms with Crippen molar-refractivity contribution in [2.75, 3.05) is 66.1 Å². The van der Waals surface area contributed by atoms with Gasteiger partial charge in [0, 0.05) is 41.5 Å². The smallest absolute Gasteiger partial charge is 0.303 e. The van der Waals surface area contributed by atoms with Crippen LogP contribution in [0.3, 0.4) is 0 Å². The quantitative estimate of drug-likeness (QED) is 0.0510. The molecule has 0 rings (SSSR count). The zero-order valence-corrected chi connectivity index (χ0v) is 27.4. The van der Waals surface area contributed by atoms with E-state index in [1.165, 1.54) is 0 Å². The molecule has 0 saturated carbocycles. The maximum Gasteiger partial charge on any atom is 0.303 e. The fourth-order valence-electron chi connectivity index (χ4n) is 3.37. The molecule has 0 heterocycles. The van der Waals surface area contributed by atoms with Gasteiger partial charge in [-0.2, -0.15) is 0 Å². The highest BCUT2D eigenvalue weighted by molar-refractivity contribution is 5.69. The Morgan fingerprint density at radius 1 is 0.447 bits per heavy atom. The Balaban J connectivity index is 0. The van der Waals surface area contributed by atoms with Crippen molar-refractivity contribution in [3.63, 3.8) is 0 Å². The van der Waals surface area contributed by atoms with Gasteiger partial charge in [0.2, 0.25) is 0 Å². The van der Waals surface area contributed by atoms with Crippen LogP contribution in [0.2, 0.25) is 0 Å². The lowest BCUT2D eigenvalue weighted by molar-refractivity contribution is -0.206. The first kappa shape index (κ1) is 45.7. The van der Waals surface area contributed by atoms with Gasteiger partial charge in [-0.1, -0.05) is 0 Å². The summed E-state index contributed by atoms with van der Waals surface area (Å²) in [4.78, 5) is 68.8. The van der Waals surface area contributed by atoms with Gasteiger partial charge < -0.3 is 63.8 Å². The lowest BCUT2D eigenvalue weighted by atomic mass is 9.91. The van der Waals surface area contributed by atoms with Gasteiger partial charge >= 0.3 is 35.8 Å². The standard InChI is InChI=1S/C18H26O12.C10H22O7/c1-9(19)25-7-15(27-11(3)21)17(29-13(5)23)18(30-14(6)24)16(28-12(4)22)8-26-10(2)20;11-1-9(2-12,3-13)7-17-8-10(4-14,5-15)6-16/h15-18H,7-8H2,1-6H3;11-16H,1-8H2. The second-order valence-corrected chi connectivity index (χ2v) is 10.5. The first-order valence-electron chi connectivity index (χ1n) is 14.1. The highest BCUT2D eigenvalue weighted by Gasteiger charge is 2.44. The molecule has 0 aromatic rings. The molecule has 274 valence electrons. The Bertz CT molecular complexity index is 882. The molecule has 0 fully saturated rings. The van der Waals surface area contributed by atoms with E-state index in [1.807, 2.05) is 0 Å². The van der Waals surface area contributed by atoms with Gasteiger partial charge in [0.1, 0.15) is 13.2 Å². The maximum absolute atomic E-state index is 11.7. The molecule has 19 nitrogen and oxygen atoms in total. The van der Waals surface area contributed by atoms with Crippen molar-refractivity contribution in [1.82, 2.24) is 0 Å². The van der Waals surface area contributed by atoms with Crippen molar-refractivity contribution >= 4 is 35.8 Å². The molecule has 6 N–H and O–H groups in total. The average molecular weight is 689 g/mol. The minimum absolute atomic E-state index is 0.141. The second-order valence-electron chi connectivity index (χ2n) is 10.5. The molecule has 0 aliphatic rings. The maximum atomic E-state index is 11.7. The normalized spacial score (nSPS) is 13.8. The van der Waals surface area contributed by atoms with Crippen LogP contribution in [0.5, 0.6) is 0 Å².